The minimum Gasteiger partial charge on any atom is -0.469 e. The van der Waals surface area contributed by atoms with Crippen LogP contribution < -0.4 is 0 Å². The van der Waals surface area contributed by atoms with Gasteiger partial charge in [-0.1, -0.05) is 13.0 Å². The monoisotopic (exact) mass is 264 g/mol. The smallest absolute Gasteiger partial charge is 0.338 e. The molecule has 104 valence electrons. The third-order valence-corrected chi connectivity index (χ3v) is 2.92. The van der Waals surface area contributed by atoms with Gasteiger partial charge in [-0.05, 0) is 43.0 Å². The molecule has 0 aliphatic carbocycles. The number of esters is 2. The summed E-state index contributed by atoms with van der Waals surface area (Å²) in [7, 11) is 1.37. The summed E-state index contributed by atoms with van der Waals surface area (Å²) >= 11 is 0. The molecule has 0 spiro atoms. The number of ether oxygens (including phenoxy) is 2. The zero-order chi connectivity index (χ0) is 14.3. The zero-order valence-electron chi connectivity index (χ0n) is 11.7. The second-order valence-electron chi connectivity index (χ2n) is 4.13. The minimum absolute atomic E-state index is 0.247. The summed E-state index contributed by atoms with van der Waals surface area (Å²) < 4.78 is 9.60. The lowest BCUT2D eigenvalue weighted by Gasteiger charge is -2.10. The Morgan fingerprint density at radius 3 is 2.47 bits per heavy atom. The Kier molecular flexibility index (Phi) is 6.06. The van der Waals surface area contributed by atoms with E-state index in [2.05, 4.69) is 4.74 Å². The number of aryl methyl sites for hydroxylation is 2. The maximum Gasteiger partial charge on any atom is 0.338 e. The number of hydrogen-bond acceptors (Lipinski definition) is 4. The maximum atomic E-state index is 11.7. The van der Waals surface area contributed by atoms with Crippen LogP contribution in [0.3, 0.4) is 0 Å². The van der Waals surface area contributed by atoms with Crippen molar-refractivity contribution < 1.29 is 19.1 Å². The molecule has 0 radical (unpaired) electrons. The highest BCUT2D eigenvalue weighted by Crippen LogP contribution is 2.16. The molecule has 4 heteroatoms. The summed E-state index contributed by atoms with van der Waals surface area (Å²) in [6, 6.07) is 5.48. The van der Waals surface area contributed by atoms with Gasteiger partial charge in [0.1, 0.15) is 0 Å². The largest absolute Gasteiger partial charge is 0.469 e. The highest BCUT2D eigenvalue weighted by atomic mass is 16.5. The predicted molar refractivity (Wildman–Crippen MR) is 72.1 cm³/mol. The molecular formula is C15H20O4. The number of methoxy groups -OCH3 is 1. The van der Waals surface area contributed by atoms with Gasteiger partial charge >= 0.3 is 11.9 Å². The molecule has 0 unspecified atom stereocenters. The van der Waals surface area contributed by atoms with Crippen LogP contribution in [0.2, 0.25) is 0 Å². The average molecular weight is 264 g/mol. The number of carbonyl (C=O) groups is 2. The molecule has 1 aromatic carbocycles. The Balaban J connectivity index is 2.89. The lowest BCUT2D eigenvalue weighted by molar-refractivity contribution is -0.140. The van der Waals surface area contributed by atoms with Gasteiger partial charge in [0.25, 0.3) is 0 Å². The van der Waals surface area contributed by atoms with E-state index in [0.717, 1.165) is 17.5 Å². The lowest BCUT2D eigenvalue weighted by atomic mass is 9.98. The summed E-state index contributed by atoms with van der Waals surface area (Å²) in [4.78, 5) is 22.9. The van der Waals surface area contributed by atoms with Crippen LogP contribution in [-0.4, -0.2) is 25.7 Å². The fourth-order valence-electron chi connectivity index (χ4n) is 1.88. The minimum atomic E-state index is -0.329. The van der Waals surface area contributed by atoms with E-state index in [4.69, 9.17) is 4.74 Å². The van der Waals surface area contributed by atoms with E-state index in [1.54, 1.807) is 19.1 Å². The standard InChI is InChI=1S/C15H20O4/c1-4-11-6-7-13(15(17)19-5-2)10-12(11)8-9-14(16)18-3/h6-7,10H,4-5,8-9H2,1-3H3. The van der Waals surface area contributed by atoms with Crippen molar-refractivity contribution >= 4 is 11.9 Å². The zero-order valence-corrected chi connectivity index (χ0v) is 11.7. The van der Waals surface area contributed by atoms with Crippen LogP contribution in [0.25, 0.3) is 0 Å². The van der Waals surface area contributed by atoms with Crippen LogP contribution in [-0.2, 0) is 27.1 Å². The molecule has 0 heterocycles. The van der Waals surface area contributed by atoms with Gasteiger partial charge in [-0.15, -0.1) is 0 Å². The number of carbonyl (C=O) groups excluding carboxylic acids is 2. The van der Waals surface area contributed by atoms with E-state index in [1.165, 1.54) is 7.11 Å². The highest BCUT2D eigenvalue weighted by Gasteiger charge is 2.11. The number of rotatable bonds is 6. The first-order chi connectivity index (χ1) is 9.12. The quantitative estimate of drug-likeness (QED) is 0.741. The van der Waals surface area contributed by atoms with E-state index >= 15 is 0 Å². The molecule has 0 aliphatic rings. The fourth-order valence-corrected chi connectivity index (χ4v) is 1.88. The molecule has 0 aromatic heterocycles. The van der Waals surface area contributed by atoms with E-state index in [1.807, 2.05) is 13.0 Å². The molecule has 0 bridgehead atoms. The normalized spacial score (nSPS) is 10.1. The maximum absolute atomic E-state index is 11.7. The van der Waals surface area contributed by atoms with E-state index < -0.39 is 0 Å². The molecule has 0 amide bonds. The molecule has 0 aliphatic heterocycles. The van der Waals surface area contributed by atoms with Crippen molar-refractivity contribution in [2.45, 2.75) is 33.1 Å². The Labute approximate surface area is 113 Å². The second-order valence-corrected chi connectivity index (χ2v) is 4.13. The third kappa shape index (κ3) is 4.39. The molecular weight excluding hydrogens is 244 g/mol. The first kappa shape index (κ1) is 15.2. The van der Waals surface area contributed by atoms with Crippen LogP contribution in [0.15, 0.2) is 18.2 Å². The SMILES string of the molecule is CCOC(=O)c1ccc(CC)c(CCC(=O)OC)c1. The topological polar surface area (TPSA) is 52.6 Å². The Bertz CT molecular complexity index is 451. The molecule has 1 aromatic rings. The Morgan fingerprint density at radius 1 is 1.16 bits per heavy atom. The summed E-state index contributed by atoms with van der Waals surface area (Å²) in [6.07, 6.45) is 1.75. The van der Waals surface area contributed by atoms with Crippen molar-refractivity contribution in [2.24, 2.45) is 0 Å². The number of benzene rings is 1. The highest BCUT2D eigenvalue weighted by molar-refractivity contribution is 5.89. The van der Waals surface area contributed by atoms with Crippen molar-refractivity contribution in [3.63, 3.8) is 0 Å². The lowest BCUT2D eigenvalue weighted by Crippen LogP contribution is -2.08. The van der Waals surface area contributed by atoms with Crippen LogP contribution in [0.5, 0.6) is 0 Å². The van der Waals surface area contributed by atoms with Crippen LogP contribution in [0.1, 0.15) is 41.8 Å². The summed E-state index contributed by atoms with van der Waals surface area (Å²) in [5.41, 5.74) is 2.66. The van der Waals surface area contributed by atoms with Gasteiger partial charge in [-0.3, -0.25) is 4.79 Å². The number of hydrogen-bond donors (Lipinski definition) is 0. The van der Waals surface area contributed by atoms with Gasteiger partial charge < -0.3 is 9.47 Å². The van der Waals surface area contributed by atoms with Crippen molar-refractivity contribution in [1.29, 1.82) is 0 Å². The average Bonchev–Trinajstić information content (AvgIpc) is 2.44. The summed E-state index contributed by atoms with van der Waals surface area (Å²) in [5, 5.41) is 0. The molecule has 0 fully saturated rings. The van der Waals surface area contributed by atoms with Gasteiger partial charge in [0.2, 0.25) is 0 Å². The Morgan fingerprint density at radius 2 is 1.89 bits per heavy atom. The fraction of sp³-hybridized carbons (Fsp3) is 0.467. The van der Waals surface area contributed by atoms with Crippen LogP contribution in [0.4, 0.5) is 0 Å². The van der Waals surface area contributed by atoms with Gasteiger partial charge in [-0.25, -0.2) is 4.79 Å². The third-order valence-electron chi connectivity index (χ3n) is 2.92. The van der Waals surface area contributed by atoms with Crippen LogP contribution >= 0.6 is 0 Å². The van der Waals surface area contributed by atoms with Crippen molar-refractivity contribution in [2.75, 3.05) is 13.7 Å². The van der Waals surface area contributed by atoms with Gasteiger partial charge in [0.15, 0.2) is 0 Å². The van der Waals surface area contributed by atoms with Crippen molar-refractivity contribution in [3.05, 3.63) is 34.9 Å². The van der Waals surface area contributed by atoms with Crippen molar-refractivity contribution in [3.8, 4) is 0 Å². The molecule has 1 rings (SSSR count). The van der Waals surface area contributed by atoms with Gasteiger partial charge in [0.05, 0.1) is 19.3 Å². The van der Waals surface area contributed by atoms with E-state index in [-0.39, 0.29) is 11.9 Å². The predicted octanol–water partition coefficient (Wildman–Crippen LogP) is 2.53. The van der Waals surface area contributed by atoms with Crippen LogP contribution in [0, 0.1) is 0 Å². The molecule has 0 saturated heterocycles. The van der Waals surface area contributed by atoms with E-state index in [9.17, 15) is 9.59 Å². The molecule has 19 heavy (non-hydrogen) atoms. The first-order valence-corrected chi connectivity index (χ1v) is 6.48. The first-order valence-electron chi connectivity index (χ1n) is 6.48. The molecule has 4 nitrogen and oxygen atoms in total. The summed E-state index contributed by atoms with van der Waals surface area (Å²) in [6.45, 7) is 4.17. The van der Waals surface area contributed by atoms with Gasteiger partial charge in [-0.2, -0.15) is 0 Å². The molecule has 0 N–H and O–H groups in total. The molecule has 0 atom stereocenters. The van der Waals surface area contributed by atoms with E-state index in [0.29, 0.717) is 25.0 Å². The summed E-state index contributed by atoms with van der Waals surface area (Å²) in [5.74, 6) is -0.576. The van der Waals surface area contributed by atoms with Gasteiger partial charge in [0, 0.05) is 6.42 Å². The van der Waals surface area contributed by atoms with Crippen molar-refractivity contribution in [1.82, 2.24) is 0 Å². The Hall–Kier alpha value is -1.84. The second kappa shape index (κ2) is 7.56. The molecule has 0 saturated carbocycles.